The topological polar surface area (TPSA) is 35.5 Å². The van der Waals surface area contributed by atoms with Crippen molar-refractivity contribution in [3.63, 3.8) is 0 Å². The lowest BCUT2D eigenvalue weighted by atomic mass is 10.1. The Morgan fingerprint density at radius 2 is 2.14 bits per heavy atom. The standard InChI is InChI=1S/C18H20O3/c1-3-17(20-13-15-9-5-4-6-10-15)18(21-14(2)19)16-11-7-8-12-16/h4-6,9-11,18H,1,7-8,12-13H2,2H3. The maximum Gasteiger partial charge on any atom is 0.303 e. The van der Waals surface area contributed by atoms with Crippen molar-refractivity contribution in [1.29, 1.82) is 0 Å². The molecule has 1 aliphatic carbocycles. The molecule has 2 rings (SSSR count). The zero-order chi connectivity index (χ0) is 15.1. The molecule has 1 unspecified atom stereocenters. The fourth-order valence-corrected chi connectivity index (χ4v) is 2.35. The van der Waals surface area contributed by atoms with Crippen LogP contribution in [0.5, 0.6) is 0 Å². The van der Waals surface area contributed by atoms with E-state index in [0.717, 1.165) is 30.4 Å². The molecular weight excluding hydrogens is 264 g/mol. The van der Waals surface area contributed by atoms with Gasteiger partial charge in [0.05, 0.1) is 0 Å². The molecule has 1 aliphatic rings. The highest BCUT2D eigenvalue weighted by Crippen LogP contribution is 2.27. The van der Waals surface area contributed by atoms with E-state index in [1.165, 1.54) is 6.92 Å². The van der Waals surface area contributed by atoms with Gasteiger partial charge >= 0.3 is 5.97 Å². The van der Waals surface area contributed by atoms with Crippen LogP contribution in [-0.4, -0.2) is 12.1 Å². The molecule has 0 fully saturated rings. The Bertz CT molecular complexity index is 565. The van der Waals surface area contributed by atoms with Crippen LogP contribution < -0.4 is 0 Å². The van der Waals surface area contributed by atoms with Gasteiger partial charge in [-0.1, -0.05) is 48.7 Å². The van der Waals surface area contributed by atoms with Crippen LogP contribution in [0.2, 0.25) is 0 Å². The second kappa shape index (κ2) is 7.51. The molecule has 21 heavy (non-hydrogen) atoms. The zero-order valence-corrected chi connectivity index (χ0v) is 12.3. The number of carbonyl (C=O) groups excluding carboxylic acids is 1. The molecule has 1 atom stereocenters. The Balaban J connectivity index is 2.08. The van der Waals surface area contributed by atoms with E-state index in [9.17, 15) is 4.79 Å². The van der Waals surface area contributed by atoms with Gasteiger partial charge in [-0.2, -0.15) is 0 Å². The van der Waals surface area contributed by atoms with E-state index in [-0.39, 0.29) is 5.97 Å². The van der Waals surface area contributed by atoms with Crippen LogP contribution in [0, 0.1) is 0 Å². The second-order valence-corrected chi connectivity index (χ2v) is 4.98. The van der Waals surface area contributed by atoms with Crippen LogP contribution in [0.15, 0.2) is 60.1 Å². The molecule has 0 amide bonds. The Morgan fingerprint density at radius 3 is 2.71 bits per heavy atom. The largest absolute Gasteiger partial charge is 0.481 e. The summed E-state index contributed by atoms with van der Waals surface area (Å²) in [5, 5.41) is 0. The van der Waals surface area contributed by atoms with Crippen molar-refractivity contribution < 1.29 is 14.3 Å². The minimum atomic E-state index is -0.494. The molecule has 0 saturated carbocycles. The molecule has 3 heteroatoms. The summed E-state index contributed by atoms with van der Waals surface area (Å²) in [4.78, 5) is 11.3. The highest BCUT2D eigenvalue weighted by Gasteiger charge is 2.25. The second-order valence-electron chi connectivity index (χ2n) is 4.98. The van der Waals surface area contributed by atoms with E-state index < -0.39 is 6.10 Å². The molecule has 0 radical (unpaired) electrons. The number of hydrogen-bond acceptors (Lipinski definition) is 3. The monoisotopic (exact) mass is 284 g/mol. The third kappa shape index (κ3) is 4.37. The molecule has 3 nitrogen and oxygen atoms in total. The smallest absolute Gasteiger partial charge is 0.303 e. The predicted molar refractivity (Wildman–Crippen MR) is 81.4 cm³/mol. The lowest BCUT2D eigenvalue weighted by molar-refractivity contribution is -0.144. The number of esters is 1. The molecule has 0 bridgehead atoms. The molecule has 0 aromatic heterocycles. The number of ether oxygens (including phenoxy) is 2. The first kappa shape index (κ1) is 15.1. The summed E-state index contributed by atoms with van der Waals surface area (Å²) >= 11 is 0. The lowest BCUT2D eigenvalue weighted by Crippen LogP contribution is -2.22. The molecule has 110 valence electrons. The minimum absolute atomic E-state index is 0.330. The maximum absolute atomic E-state index is 11.3. The van der Waals surface area contributed by atoms with E-state index in [0.29, 0.717) is 12.4 Å². The first-order valence-electron chi connectivity index (χ1n) is 7.13. The fourth-order valence-electron chi connectivity index (χ4n) is 2.35. The van der Waals surface area contributed by atoms with Crippen LogP contribution in [0.1, 0.15) is 31.7 Å². The lowest BCUT2D eigenvalue weighted by Gasteiger charge is -2.20. The predicted octanol–water partition coefficient (Wildman–Crippen LogP) is 3.91. The van der Waals surface area contributed by atoms with Gasteiger partial charge in [0.15, 0.2) is 11.9 Å². The van der Waals surface area contributed by atoms with Crippen LogP contribution in [0.25, 0.3) is 0 Å². The molecule has 0 N–H and O–H groups in total. The molecule has 1 aromatic rings. The summed E-state index contributed by atoms with van der Waals surface area (Å²) in [6.07, 6.45) is 4.62. The Hall–Kier alpha value is -2.25. The van der Waals surface area contributed by atoms with Gasteiger partial charge in [0.1, 0.15) is 6.61 Å². The summed E-state index contributed by atoms with van der Waals surface area (Å²) < 4.78 is 11.2. The average molecular weight is 284 g/mol. The van der Waals surface area contributed by atoms with Crippen molar-refractivity contribution in [2.24, 2.45) is 0 Å². The van der Waals surface area contributed by atoms with Crippen molar-refractivity contribution in [2.45, 2.75) is 38.9 Å². The minimum Gasteiger partial charge on any atom is -0.481 e. The first-order chi connectivity index (χ1) is 10.2. The van der Waals surface area contributed by atoms with Gasteiger partial charge in [-0.05, 0) is 30.4 Å². The van der Waals surface area contributed by atoms with Gasteiger partial charge in [0, 0.05) is 6.92 Å². The average Bonchev–Trinajstić information content (AvgIpc) is 3.01. The van der Waals surface area contributed by atoms with Crippen molar-refractivity contribution in [1.82, 2.24) is 0 Å². The molecule has 0 spiro atoms. The van der Waals surface area contributed by atoms with Crippen molar-refractivity contribution in [3.8, 4) is 0 Å². The van der Waals surface area contributed by atoms with Gasteiger partial charge in [0.25, 0.3) is 0 Å². The van der Waals surface area contributed by atoms with Gasteiger partial charge < -0.3 is 9.47 Å². The van der Waals surface area contributed by atoms with E-state index in [4.69, 9.17) is 9.47 Å². The van der Waals surface area contributed by atoms with Gasteiger partial charge in [-0.3, -0.25) is 4.79 Å². The molecule has 0 saturated heterocycles. The van der Waals surface area contributed by atoms with Gasteiger partial charge in [-0.15, -0.1) is 0 Å². The Labute approximate surface area is 125 Å². The normalized spacial score (nSPS) is 14.8. The van der Waals surface area contributed by atoms with Gasteiger partial charge in [-0.25, -0.2) is 0 Å². The molecule has 1 aromatic carbocycles. The molecule has 0 aliphatic heterocycles. The summed E-state index contributed by atoms with van der Waals surface area (Å²) in [5.74, 6) is 0.145. The van der Waals surface area contributed by atoms with E-state index in [1.807, 2.05) is 30.3 Å². The number of hydrogen-bond donors (Lipinski definition) is 0. The number of carbonyl (C=O) groups is 1. The highest BCUT2D eigenvalue weighted by atomic mass is 16.6. The van der Waals surface area contributed by atoms with E-state index >= 15 is 0 Å². The molecular formula is C18H20O3. The van der Waals surface area contributed by atoms with Crippen LogP contribution >= 0.6 is 0 Å². The van der Waals surface area contributed by atoms with Crippen molar-refractivity contribution in [3.05, 3.63) is 65.6 Å². The van der Waals surface area contributed by atoms with E-state index in [1.54, 1.807) is 0 Å². The number of rotatable bonds is 6. The fraction of sp³-hybridized carbons (Fsp3) is 0.333. The summed E-state index contributed by atoms with van der Waals surface area (Å²) in [6, 6.07) is 9.84. The summed E-state index contributed by atoms with van der Waals surface area (Å²) in [7, 11) is 0. The summed E-state index contributed by atoms with van der Waals surface area (Å²) in [6.45, 7) is 5.48. The number of benzene rings is 1. The third-order valence-corrected chi connectivity index (χ3v) is 3.35. The zero-order valence-electron chi connectivity index (χ0n) is 12.3. The van der Waals surface area contributed by atoms with Gasteiger partial charge in [0.2, 0.25) is 0 Å². The van der Waals surface area contributed by atoms with Crippen molar-refractivity contribution >= 4 is 5.97 Å². The number of allylic oxidation sites excluding steroid dienone is 1. The van der Waals surface area contributed by atoms with Crippen LogP contribution in [-0.2, 0) is 20.9 Å². The molecule has 0 heterocycles. The first-order valence-corrected chi connectivity index (χ1v) is 7.13. The Morgan fingerprint density at radius 1 is 1.38 bits per heavy atom. The van der Waals surface area contributed by atoms with E-state index in [2.05, 4.69) is 18.4 Å². The van der Waals surface area contributed by atoms with Crippen LogP contribution in [0.4, 0.5) is 0 Å². The SMILES string of the molecule is C=C=C(OCc1ccccc1)C(OC(C)=O)C1=CCCC1. The maximum atomic E-state index is 11.3. The summed E-state index contributed by atoms with van der Waals surface area (Å²) in [5.41, 5.74) is 4.90. The quantitative estimate of drug-likeness (QED) is 0.344. The third-order valence-electron chi connectivity index (χ3n) is 3.35. The Kier molecular flexibility index (Phi) is 5.42. The van der Waals surface area contributed by atoms with Crippen molar-refractivity contribution in [2.75, 3.05) is 0 Å². The highest BCUT2D eigenvalue weighted by molar-refractivity contribution is 5.67. The van der Waals surface area contributed by atoms with Crippen LogP contribution in [0.3, 0.4) is 0 Å².